The average molecular weight is 223 g/mol. The molecule has 0 aromatic carbocycles. The Morgan fingerprint density at radius 1 is 1.60 bits per heavy atom. The molecule has 2 rings (SSSR count). The van der Waals surface area contributed by atoms with Crippen LogP contribution < -0.4 is 0 Å². The number of hydrogen-bond donors (Lipinski definition) is 0. The van der Waals surface area contributed by atoms with Gasteiger partial charge in [0.15, 0.2) is 5.78 Å². The van der Waals surface area contributed by atoms with E-state index in [2.05, 4.69) is 4.98 Å². The Hall–Kier alpha value is -0.870. The first-order chi connectivity index (χ1) is 7.27. The van der Waals surface area contributed by atoms with Gasteiger partial charge in [0.2, 0.25) is 0 Å². The smallest absolute Gasteiger partial charge is 0.193 e. The lowest BCUT2D eigenvalue weighted by Crippen LogP contribution is -2.31. The minimum Gasteiger partial charge on any atom is -0.368 e. The molecule has 15 heavy (non-hydrogen) atoms. The van der Waals surface area contributed by atoms with Crippen molar-refractivity contribution in [2.75, 3.05) is 18.1 Å². The van der Waals surface area contributed by atoms with Crippen LogP contribution in [-0.2, 0) is 4.74 Å². The van der Waals surface area contributed by atoms with E-state index in [1.54, 1.807) is 18.0 Å². The van der Waals surface area contributed by atoms with Gasteiger partial charge >= 0.3 is 0 Å². The second-order valence-electron chi connectivity index (χ2n) is 3.49. The molecule has 1 unspecified atom stereocenters. The zero-order chi connectivity index (χ0) is 10.7. The van der Waals surface area contributed by atoms with Crippen molar-refractivity contribution in [3.05, 3.63) is 29.6 Å². The molecule has 2 heterocycles. The van der Waals surface area contributed by atoms with Crippen LogP contribution >= 0.6 is 11.8 Å². The number of carbonyl (C=O) groups excluding carboxylic acids is 1. The molecule has 0 aliphatic carbocycles. The van der Waals surface area contributed by atoms with E-state index >= 15 is 0 Å². The van der Waals surface area contributed by atoms with Crippen LogP contribution in [0.3, 0.4) is 0 Å². The number of Topliss-reactive ketones (excluding diaryl/α,β-unsaturated/α-hetero) is 1. The molecular formula is C11H13NO2S. The van der Waals surface area contributed by atoms with Gasteiger partial charge < -0.3 is 4.74 Å². The fraction of sp³-hybridized carbons (Fsp3) is 0.455. The van der Waals surface area contributed by atoms with Crippen LogP contribution in [0, 0.1) is 6.92 Å². The fourth-order valence-electron chi connectivity index (χ4n) is 1.44. The lowest BCUT2D eigenvalue weighted by molar-refractivity contribution is 0.0518. The van der Waals surface area contributed by atoms with Crippen molar-refractivity contribution in [2.45, 2.75) is 13.0 Å². The summed E-state index contributed by atoms with van der Waals surface area (Å²) < 4.78 is 5.43. The van der Waals surface area contributed by atoms with Gasteiger partial charge in [0.1, 0.15) is 6.10 Å². The number of aryl methyl sites for hydroxylation is 1. The van der Waals surface area contributed by atoms with Crippen LogP contribution in [-0.4, -0.2) is 35.0 Å². The minimum atomic E-state index is -0.284. The summed E-state index contributed by atoms with van der Waals surface area (Å²) in [5, 5.41) is 0. The fourth-order valence-corrected chi connectivity index (χ4v) is 2.28. The molecule has 0 saturated carbocycles. The van der Waals surface area contributed by atoms with Gasteiger partial charge in [-0.3, -0.25) is 9.78 Å². The van der Waals surface area contributed by atoms with Crippen LogP contribution in [0.25, 0.3) is 0 Å². The molecule has 1 saturated heterocycles. The molecule has 1 aromatic rings. The molecule has 3 nitrogen and oxygen atoms in total. The predicted molar refractivity (Wildman–Crippen MR) is 60.4 cm³/mol. The number of pyridine rings is 1. The molecule has 0 amide bonds. The molecule has 4 heteroatoms. The molecule has 0 radical (unpaired) electrons. The molecule has 0 N–H and O–H groups in total. The lowest BCUT2D eigenvalue weighted by atomic mass is 10.1. The number of thioether (sulfide) groups is 1. The topological polar surface area (TPSA) is 39.2 Å². The van der Waals surface area contributed by atoms with Crippen molar-refractivity contribution in [1.82, 2.24) is 4.98 Å². The first-order valence-corrected chi connectivity index (χ1v) is 6.09. The first-order valence-electron chi connectivity index (χ1n) is 4.93. The lowest BCUT2D eigenvalue weighted by Gasteiger charge is -2.20. The number of ketones is 1. The van der Waals surface area contributed by atoms with Crippen molar-refractivity contribution in [1.29, 1.82) is 0 Å². The summed E-state index contributed by atoms with van der Waals surface area (Å²) in [6.45, 7) is 2.57. The summed E-state index contributed by atoms with van der Waals surface area (Å²) in [6.07, 6.45) is 1.34. The van der Waals surface area contributed by atoms with Gasteiger partial charge in [-0.15, -0.1) is 0 Å². The Labute approximate surface area is 93.2 Å². The van der Waals surface area contributed by atoms with Gasteiger partial charge in [-0.25, -0.2) is 0 Å². The SMILES string of the molecule is Cc1ccc(C(=O)C2CSCCO2)cn1. The summed E-state index contributed by atoms with van der Waals surface area (Å²) in [6, 6.07) is 3.66. The maximum atomic E-state index is 11.9. The van der Waals surface area contributed by atoms with E-state index in [-0.39, 0.29) is 11.9 Å². The Bertz CT molecular complexity index is 344. The Kier molecular flexibility index (Phi) is 3.38. The van der Waals surface area contributed by atoms with Gasteiger partial charge in [-0.05, 0) is 19.1 Å². The van der Waals surface area contributed by atoms with E-state index in [9.17, 15) is 4.79 Å². The molecule has 1 fully saturated rings. The zero-order valence-corrected chi connectivity index (χ0v) is 9.42. The van der Waals surface area contributed by atoms with Crippen molar-refractivity contribution >= 4 is 17.5 Å². The third-order valence-corrected chi connectivity index (χ3v) is 3.30. The van der Waals surface area contributed by atoms with Gasteiger partial charge in [0, 0.05) is 29.0 Å². The maximum Gasteiger partial charge on any atom is 0.193 e. The van der Waals surface area contributed by atoms with Crippen LogP contribution in [0.5, 0.6) is 0 Å². The molecule has 1 aliphatic rings. The summed E-state index contributed by atoms with van der Waals surface area (Å²) in [5.74, 6) is 1.79. The van der Waals surface area contributed by atoms with Crippen molar-refractivity contribution < 1.29 is 9.53 Å². The molecule has 0 bridgehead atoms. The van der Waals surface area contributed by atoms with E-state index in [0.29, 0.717) is 12.2 Å². The molecule has 0 spiro atoms. The average Bonchev–Trinajstić information content (AvgIpc) is 2.30. The summed E-state index contributed by atoms with van der Waals surface area (Å²) in [7, 11) is 0. The summed E-state index contributed by atoms with van der Waals surface area (Å²) in [5.41, 5.74) is 1.57. The van der Waals surface area contributed by atoms with Crippen molar-refractivity contribution in [2.24, 2.45) is 0 Å². The number of hydrogen-bond acceptors (Lipinski definition) is 4. The largest absolute Gasteiger partial charge is 0.368 e. The van der Waals surface area contributed by atoms with Crippen LogP contribution in [0.1, 0.15) is 16.1 Å². The minimum absolute atomic E-state index is 0.0506. The van der Waals surface area contributed by atoms with Gasteiger partial charge in [-0.1, -0.05) is 0 Å². The number of carbonyl (C=O) groups is 1. The maximum absolute atomic E-state index is 11.9. The quantitative estimate of drug-likeness (QED) is 0.715. The highest BCUT2D eigenvalue weighted by atomic mass is 32.2. The molecule has 1 aromatic heterocycles. The standard InChI is InChI=1S/C11H13NO2S/c1-8-2-3-9(6-12-8)11(13)10-7-15-5-4-14-10/h2-3,6,10H,4-5,7H2,1H3. The Morgan fingerprint density at radius 3 is 3.07 bits per heavy atom. The third-order valence-electron chi connectivity index (χ3n) is 2.30. The second-order valence-corrected chi connectivity index (χ2v) is 4.64. The molecule has 80 valence electrons. The number of rotatable bonds is 2. The van der Waals surface area contributed by atoms with E-state index in [1.165, 1.54) is 0 Å². The number of nitrogens with zero attached hydrogens (tertiary/aromatic N) is 1. The number of ether oxygens (including phenoxy) is 1. The van der Waals surface area contributed by atoms with Crippen molar-refractivity contribution in [3.63, 3.8) is 0 Å². The van der Waals surface area contributed by atoms with Gasteiger partial charge in [-0.2, -0.15) is 11.8 Å². The normalized spacial score (nSPS) is 21.3. The predicted octanol–water partition coefficient (Wildman–Crippen LogP) is 1.70. The van der Waals surface area contributed by atoms with E-state index in [0.717, 1.165) is 17.2 Å². The zero-order valence-electron chi connectivity index (χ0n) is 8.60. The Balaban J connectivity index is 2.09. The van der Waals surface area contributed by atoms with Crippen LogP contribution in [0.4, 0.5) is 0 Å². The monoisotopic (exact) mass is 223 g/mol. The summed E-state index contributed by atoms with van der Waals surface area (Å²) in [4.78, 5) is 16.0. The van der Waals surface area contributed by atoms with Crippen LogP contribution in [0.15, 0.2) is 18.3 Å². The Morgan fingerprint density at radius 2 is 2.47 bits per heavy atom. The highest BCUT2D eigenvalue weighted by Gasteiger charge is 2.23. The highest BCUT2D eigenvalue weighted by Crippen LogP contribution is 2.16. The van der Waals surface area contributed by atoms with Gasteiger partial charge in [0.25, 0.3) is 0 Å². The van der Waals surface area contributed by atoms with Crippen LogP contribution in [0.2, 0.25) is 0 Å². The first kappa shape index (κ1) is 10.6. The molecule has 1 atom stereocenters. The summed E-state index contributed by atoms with van der Waals surface area (Å²) >= 11 is 1.76. The van der Waals surface area contributed by atoms with E-state index in [1.807, 2.05) is 19.1 Å². The van der Waals surface area contributed by atoms with Crippen molar-refractivity contribution in [3.8, 4) is 0 Å². The third kappa shape index (κ3) is 2.58. The van der Waals surface area contributed by atoms with Gasteiger partial charge in [0.05, 0.1) is 6.61 Å². The number of aromatic nitrogens is 1. The highest BCUT2D eigenvalue weighted by molar-refractivity contribution is 7.99. The second kappa shape index (κ2) is 4.77. The molecular weight excluding hydrogens is 210 g/mol. The van der Waals surface area contributed by atoms with E-state index in [4.69, 9.17) is 4.74 Å². The molecule has 1 aliphatic heterocycles. The van der Waals surface area contributed by atoms with E-state index < -0.39 is 0 Å².